The van der Waals surface area contributed by atoms with Crippen molar-refractivity contribution >= 4 is 17.5 Å². The molecular weight excluding hydrogens is 571 g/mol. The molecule has 1 unspecified atom stereocenters. The summed E-state index contributed by atoms with van der Waals surface area (Å²) in [5.41, 5.74) is 1.47. The Balaban J connectivity index is 1.06. The molecule has 0 radical (unpaired) electrons. The van der Waals surface area contributed by atoms with E-state index in [1.807, 2.05) is 32.3 Å². The van der Waals surface area contributed by atoms with E-state index in [1.165, 1.54) is 6.07 Å². The molecule has 3 heterocycles. The fraction of sp³-hybridized carbons (Fsp3) is 0.441. The normalized spacial score (nSPS) is 25.4. The lowest BCUT2D eigenvalue weighted by Gasteiger charge is -2.34. The van der Waals surface area contributed by atoms with Crippen molar-refractivity contribution in [3.8, 4) is 17.2 Å². The summed E-state index contributed by atoms with van der Waals surface area (Å²) in [6.45, 7) is 0. The zero-order chi connectivity index (χ0) is 30.7. The number of nitrogens with zero attached hydrogens (tertiary/aromatic N) is 2. The second-order valence-corrected chi connectivity index (χ2v) is 12.7. The molecule has 1 aromatic heterocycles. The zero-order valence-corrected chi connectivity index (χ0v) is 24.6. The van der Waals surface area contributed by atoms with E-state index >= 15 is 0 Å². The molecule has 7 rings (SSSR count). The number of hydrogen-bond donors (Lipinski definition) is 1. The molecule has 2 aliphatic heterocycles. The molecule has 2 aliphatic carbocycles. The molecule has 1 N–H and O–H groups in total. The average Bonchev–Trinajstić information content (AvgIpc) is 3.52. The molecular formula is C34H34F3N3O4. The first-order chi connectivity index (χ1) is 21.1. The highest BCUT2D eigenvalue weighted by molar-refractivity contribution is 5.97. The minimum absolute atomic E-state index is 0.0188. The van der Waals surface area contributed by atoms with E-state index in [0.717, 1.165) is 42.2 Å². The molecule has 230 valence electrons. The quantitative estimate of drug-likeness (QED) is 0.289. The van der Waals surface area contributed by atoms with E-state index in [0.29, 0.717) is 42.1 Å². The molecule has 1 amide bonds. The summed E-state index contributed by atoms with van der Waals surface area (Å²) in [5, 5.41) is 2.77. The van der Waals surface area contributed by atoms with Crippen LogP contribution in [0.15, 0.2) is 48.7 Å². The summed E-state index contributed by atoms with van der Waals surface area (Å²) >= 11 is 0. The fourth-order valence-electron chi connectivity index (χ4n) is 7.32. The maximum absolute atomic E-state index is 14.3. The predicted molar refractivity (Wildman–Crippen MR) is 157 cm³/mol. The number of ether oxygens (including phenoxy) is 2. The molecule has 10 heteroatoms. The van der Waals surface area contributed by atoms with Gasteiger partial charge in [0.15, 0.2) is 5.78 Å². The number of alkyl halides is 3. The van der Waals surface area contributed by atoms with Crippen molar-refractivity contribution in [2.45, 2.75) is 75.1 Å². The van der Waals surface area contributed by atoms with Crippen molar-refractivity contribution in [1.82, 2.24) is 9.88 Å². The number of carbonyl (C=O) groups is 2. The predicted octanol–water partition coefficient (Wildman–Crippen LogP) is 7.11. The van der Waals surface area contributed by atoms with Gasteiger partial charge >= 0.3 is 6.18 Å². The van der Waals surface area contributed by atoms with E-state index in [-0.39, 0.29) is 53.6 Å². The number of Topliss-reactive ketones (excluding diaryl/α,β-unsaturated/α-hetero) is 1. The Kier molecular flexibility index (Phi) is 7.15. The lowest BCUT2D eigenvalue weighted by Crippen LogP contribution is -2.33. The van der Waals surface area contributed by atoms with Crippen LogP contribution in [0.1, 0.15) is 83.0 Å². The van der Waals surface area contributed by atoms with Gasteiger partial charge < -0.3 is 19.7 Å². The van der Waals surface area contributed by atoms with Crippen LogP contribution in [0.2, 0.25) is 0 Å². The Labute approximate surface area is 253 Å². The van der Waals surface area contributed by atoms with Crippen molar-refractivity contribution in [3.05, 3.63) is 76.5 Å². The number of nitrogens with one attached hydrogen (secondary N) is 1. The Hall–Kier alpha value is -3.92. The van der Waals surface area contributed by atoms with Crippen molar-refractivity contribution in [1.29, 1.82) is 0 Å². The van der Waals surface area contributed by atoms with Crippen LogP contribution in [0.3, 0.4) is 0 Å². The van der Waals surface area contributed by atoms with Crippen LogP contribution in [-0.4, -0.2) is 47.8 Å². The lowest BCUT2D eigenvalue weighted by molar-refractivity contribution is -0.138. The van der Waals surface area contributed by atoms with Crippen LogP contribution in [0.5, 0.6) is 17.2 Å². The minimum atomic E-state index is -4.54. The molecule has 2 aromatic carbocycles. The fourth-order valence-corrected chi connectivity index (χ4v) is 7.32. The van der Waals surface area contributed by atoms with E-state index < -0.39 is 11.7 Å². The number of halogens is 3. The number of amides is 1. The van der Waals surface area contributed by atoms with Crippen LogP contribution >= 0.6 is 0 Å². The molecule has 0 bridgehead atoms. The zero-order valence-electron chi connectivity index (χ0n) is 24.6. The Morgan fingerprint density at radius 2 is 1.93 bits per heavy atom. The van der Waals surface area contributed by atoms with Crippen molar-refractivity contribution in [3.63, 3.8) is 0 Å². The first-order valence-electron chi connectivity index (χ1n) is 15.2. The van der Waals surface area contributed by atoms with Crippen LogP contribution in [0.4, 0.5) is 19.0 Å². The van der Waals surface area contributed by atoms with Crippen molar-refractivity contribution in [2.24, 2.45) is 5.92 Å². The highest BCUT2D eigenvalue weighted by Gasteiger charge is 2.59. The molecule has 2 fully saturated rings. The third-order valence-corrected chi connectivity index (χ3v) is 9.72. The summed E-state index contributed by atoms with van der Waals surface area (Å²) in [4.78, 5) is 31.4. The van der Waals surface area contributed by atoms with Gasteiger partial charge in [-0.2, -0.15) is 13.2 Å². The summed E-state index contributed by atoms with van der Waals surface area (Å²) in [6.07, 6.45) is 1.12. The Morgan fingerprint density at radius 1 is 1.09 bits per heavy atom. The molecule has 4 aliphatic rings. The largest absolute Gasteiger partial charge is 0.489 e. The number of pyridine rings is 1. The smallest absolute Gasteiger partial charge is 0.416 e. The van der Waals surface area contributed by atoms with Crippen LogP contribution in [-0.2, 0) is 17.4 Å². The number of hydrogen-bond acceptors (Lipinski definition) is 6. The van der Waals surface area contributed by atoms with Gasteiger partial charge in [0.2, 0.25) is 5.91 Å². The van der Waals surface area contributed by atoms with Gasteiger partial charge in [-0.05, 0) is 81.6 Å². The van der Waals surface area contributed by atoms with Crippen molar-refractivity contribution < 1.29 is 32.2 Å². The van der Waals surface area contributed by atoms with E-state index in [2.05, 4.69) is 15.2 Å². The maximum Gasteiger partial charge on any atom is 0.416 e. The van der Waals surface area contributed by atoms with Gasteiger partial charge in [-0.25, -0.2) is 4.98 Å². The van der Waals surface area contributed by atoms with Gasteiger partial charge in [0.1, 0.15) is 29.2 Å². The standard InChI is InChI=1S/C34H34F3N3O4/c1-40(2)20-5-3-4-18(14-20)22-8-6-19(15-26(22)34(35,36)37)27(41)17-25-31-24-16-21(7-10-28(24)44-32(25)31)43-29-12-13-38-33-23(29)9-11-30(42)39-33/h6-8,10,12-13,15-16,18,20,25,31-32H,3-5,9,11,14,17H2,1-2H3,(H,38,39,42)/t18?,20-,25+,31+,32-/m1/s1. The summed E-state index contributed by atoms with van der Waals surface area (Å²) in [7, 11) is 3.94. The maximum atomic E-state index is 14.3. The molecule has 7 nitrogen and oxygen atoms in total. The van der Waals surface area contributed by atoms with Crippen LogP contribution in [0, 0.1) is 5.92 Å². The van der Waals surface area contributed by atoms with Crippen LogP contribution in [0.25, 0.3) is 0 Å². The van der Waals surface area contributed by atoms with E-state index in [1.54, 1.807) is 18.3 Å². The first kappa shape index (κ1) is 28.8. The Bertz CT molecular complexity index is 1640. The average molecular weight is 606 g/mol. The molecule has 0 spiro atoms. The monoisotopic (exact) mass is 605 g/mol. The number of fused-ring (bicyclic) bond motifs is 4. The SMILES string of the molecule is CN(C)[C@@H]1CCCC(c2ccc(C(=O)C[C@@H]3[C@H]4Oc5ccc(Oc6ccnc7c6CCC(=O)N7)cc5[C@@H]34)cc2C(F)(F)F)C1. The molecule has 2 saturated carbocycles. The third-order valence-electron chi connectivity index (χ3n) is 9.72. The highest BCUT2D eigenvalue weighted by atomic mass is 19.4. The molecule has 3 aromatic rings. The summed E-state index contributed by atoms with van der Waals surface area (Å²) < 4.78 is 55.1. The number of benzene rings is 2. The second-order valence-electron chi connectivity index (χ2n) is 12.7. The van der Waals surface area contributed by atoms with E-state index in [9.17, 15) is 22.8 Å². The lowest BCUT2D eigenvalue weighted by atomic mass is 9.78. The minimum Gasteiger partial charge on any atom is -0.489 e. The molecule has 44 heavy (non-hydrogen) atoms. The first-order valence-corrected chi connectivity index (χ1v) is 15.2. The number of ketones is 1. The van der Waals surface area contributed by atoms with Gasteiger partial charge in [-0.1, -0.05) is 18.6 Å². The summed E-state index contributed by atoms with van der Waals surface area (Å²) in [5.74, 6) is 1.75. The second kappa shape index (κ2) is 10.9. The third kappa shape index (κ3) is 5.33. The van der Waals surface area contributed by atoms with E-state index in [4.69, 9.17) is 9.47 Å². The topological polar surface area (TPSA) is 80.8 Å². The summed E-state index contributed by atoms with van der Waals surface area (Å²) in [6, 6.07) is 11.7. The molecule has 5 atom stereocenters. The van der Waals surface area contributed by atoms with Gasteiger partial charge in [0.05, 0.1) is 5.56 Å². The number of carbonyl (C=O) groups excluding carboxylic acids is 2. The van der Waals surface area contributed by atoms with Gasteiger partial charge in [0, 0.05) is 53.6 Å². The highest BCUT2D eigenvalue weighted by Crippen LogP contribution is 2.60. The number of anilines is 1. The van der Waals surface area contributed by atoms with Gasteiger partial charge in [0.25, 0.3) is 0 Å². The van der Waals surface area contributed by atoms with Crippen LogP contribution < -0.4 is 14.8 Å². The molecule has 0 saturated heterocycles. The number of aromatic nitrogens is 1. The number of rotatable bonds is 7. The van der Waals surface area contributed by atoms with Crippen molar-refractivity contribution in [2.75, 3.05) is 19.4 Å². The van der Waals surface area contributed by atoms with Gasteiger partial charge in [-0.15, -0.1) is 0 Å². The van der Waals surface area contributed by atoms with Gasteiger partial charge in [-0.3, -0.25) is 9.59 Å². The Morgan fingerprint density at radius 3 is 2.73 bits per heavy atom.